The maximum absolute atomic E-state index is 12.4. The SMILES string of the molecule is COc1ccc(OC)c(C(=O)Nc2ccc(Cl)c([N+](=O)[O-])c2)c1. The number of methoxy groups -OCH3 is 2. The number of halogens is 1. The average Bonchev–Trinajstić information content (AvgIpc) is 2.55. The van der Waals surface area contributed by atoms with Gasteiger partial charge in [0.2, 0.25) is 0 Å². The highest BCUT2D eigenvalue weighted by Gasteiger charge is 2.17. The molecule has 0 aliphatic rings. The van der Waals surface area contributed by atoms with Crippen LogP contribution < -0.4 is 14.8 Å². The van der Waals surface area contributed by atoms with Crippen LogP contribution in [-0.2, 0) is 0 Å². The van der Waals surface area contributed by atoms with Crippen LogP contribution in [0.3, 0.4) is 0 Å². The number of amides is 1. The summed E-state index contributed by atoms with van der Waals surface area (Å²) in [6, 6.07) is 8.77. The van der Waals surface area contributed by atoms with Gasteiger partial charge in [-0.2, -0.15) is 0 Å². The zero-order chi connectivity index (χ0) is 17.0. The van der Waals surface area contributed by atoms with Crippen LogP contribution in [0.15, 0.2) is 36.4 Å². The van der Waals surface area contributed by atoms with Gasteiger partial charge in [0, 0.05) is 11.8 Å². The molecule has 7 nitrogen and oxygen atoms in total. The van der Waals surface area contributed by atoms with Crippen molar-refractivity contribution in [3.05, 3.63) is 57.1 Å². The van der Waals surface area contributed by atoms with Crippen molar-refractivity contribution < 1.29 is 19.2 Å². The Kier molecular flexibility index (Phi) is 5.02. The summed E-state index contributed by atoms with van der Waals surface area (Å²) < 4.78 is 10.2. The molecule has 8 heteroatoms. The summed E-state index contributed by atoms with van der Waals surface area (Å²) in [6.07, 6.45) is 0. The molecule has 0 radical (unpaired) electrons. The third-order valence-electron chi connectivity index (χ3n) is 3.05. The van der Waals surface area contributed by atoms with Crippen LogP contribution in [0.1, 0.15) is 10.4 Å². The van der Waals surface area contributed by atoms with Crippen molar-refractivity contribution in [2.75, 3.05) is 19.5 Å². The molecule has 1 amide bonds. The van der Waals surface area contributed by atoms with Crippen molar-refractivity contribution in [3.8, 4) is 11.5 Å². The van der Waals surface area contributed by atoms with Crippen LogP contribution in [-0.4, -0.2) is 25.1 Å². The second-order valence-corrected chi connectivity index (χ2v) is 4.85. The van der Waals surface area contributed by atoms with E-state index >= 15 is 0 Å². The van der Waals surface area contributed by atoms with Gasteiger partial charge in [0.15, 0.2) is 0 Å². The molecule has 0 aromatic heterocycles. The summed E-state index contributed by atoms with van der Waals surface area (Å²) in [5.41, 5.74) is 0.197. The lowest BCUT2D eigenvalue weighted by Crippen LogP contribution is -2.13. The molecule has 0 aliphatic carbocycles. The minimum atomic E-state index is -0.621. The monoisotopic (exact) mass is 336 g/mol. The van der Waals surface area contributed by atoms with E-state index in [9.17, 15) is 14.9 Å². The zero-order valence-electron chi connectivity index (χ0n) is 12.3. The number of nitro groups is 1. The largest absolute Gasteiger partial charge is 0.497 e. The van der Waals surface area contributed by atoms with E-state index in [-0.39, 0.29) is 22.0 Å². The molecule has 0 aliphatic heterocycles. The number of nitrogens with zero attached hydrogens (tertiary/aromatic N) is 1. The summed E-state index contributed by atoms with van der Waals surface area (Å²) >= 11 is 5.74. The third kappa shape index (κ3) is 3.70. The number of hydrogen-bond donors (Lipinski definition) is 1. The highest BCUT2D eigenvalue weighted by molar-refractivity contribution is 6.32. The van der Waals surface area contributed by atoms with Gasteiger partial charge in [0.25, 0.3) is 11.6 Å². The molecule has 0 bridgehead atoms. The Balaban J connectivity index is 2.32. The van der Waals surface area contributed by atoms with Gasteiger partial charge >= 0.3 is 0 Å². The van der Waals surface area contributed by atoms with Gasteiger partial charge in [-0.25, -0.2) is 0 Å². The van der Waals surface area contributed by atoms with Crippen LogP contribution >= 0.6 is 11.6 Å². The molecule has 0 heterocycles. The van der Waals surface area contributed by atoms with Crippen LogP contribution in [0.2, 0.25) is 5.02 Å². The Bertz CT molecular complexity index is 764. The molecule has 2 aromatic carbocycles. The predicted octanol–water partition coefficient (Wildman–Crippen LogP) is 3.52. The fourth-order valence-electron chi connectivity index (χ4n) is 1.92. The molecule has 0 fully saturated rings. The third-order valence-corrected chi connectivity index (χ3v) is 3.37. The molecule has 0 saturated carbocycles. The predicted molar refractivity (Wildman–Crippen MR) is 85.6 cm³/mol. The Labute approximate surface area is 136 Å². The van der Waals surface area contributed by atoms with E-state index in [0.29, 0.717) is 11.5 Å². The summed E-state index contributed by atoms with van der Waals surface area (Å²) in [7, 11) is 2.91. The standard InChI is InChI=1S/C15H13ClN2O5/c1-22-10-4-6-14(23-2)11(8-10)15(19)17-9-3-5-12(16)13(7-9)18(20)21/h3-8H,1-2H3,(H,17,19). The molecule has 0 spiro atoms. The lowest BCUT2D eigenvalue weighted by molar-refractivity contribution is -0.384. The van der Waals surface area contributed by atoms with Gasteiger partial charge in [0.05, 0.1) is 24.7 Å². The molecular formula is C15H13ClN2O5. The summed E-state index contributed by atoms with van der Waals surface area (Å²) in [5.74, 6) is 0.349. The van der Waals surface area contributed by atoms with E-state index in [0.717, 1.165) is 0 Å². The Morgan fingerprint density at radius 3 is 2.52 bits per heavy atom. The van der Waals surface area contributed by atoms with Crippen molar-refractivity contribution in [2.24, 2.45) is 0 Å². The smallest absolute Gasteiger partial charge is 0.289 e. The molecule has 2 rings (SSSR count). The quantitative estimate of drug-likeness (QED) is 0.666. The summed E-state index contributed by atoms with van der Waals surface area (Å²) in [6.45, 7) is 0. The van der Waals surface area contributed by atoms with Crippen molar-refractivity contribution in [1.29, 1.82) is 0 Å². The first-order chi connectivity index (χ1) is 11.0. The molecule has 0 saturated heterocycles. The van der Waals surface area contributed by atoms with E-state index in [1.54, 1.807) is 12.1 Å². The van der Waals surface area contributed by atoms with Gasteiger partial charge in [0.1, 0.15) is 16.5 Å². The van der Waals surface area contributed by atoms with Crippen molar-refractivity contribution in [2.45, 2.75) is 0 Å². The molecule has 120 valence electrons. The molecule has 1 N–H and O–H groups in total. The molecular weight excluding hydrogens is 324 g/mol. The van der Waals surface area contributed by atoms with Crippen LogP contribution in [0, 0.1) is 10.1 Å². The van der Waals surface area contributed by atoms with E-state index in [1.807, 2.05) is 0 Å². The van der Waals surface area contributed by atoms with Crippen LogP contribution in [0.5, 0.6) is 11.5 Å². The number of hydrogen-bond acceptors (Lipinski definition) is 5. The highest BCUT2D eigenvalue weighted by Crippen LogP contribution is 2.29. The summed E-state index contributed by atoms with van der Waals surface area (Å²) in [5, 5.41) is 13.4. The lowest BCUT2D eigenvalue weighted by atomic mass is 10.1. The van der Waals surface area contributed by atoms with Crippen molar-refractivity contribution >= 4 is 28.9 Å². The Morgan fingerprint density at radius 1 is 1.17 bits per heavy atom. The Hall–Kier alpha value is -2.80. The van der Waals surface area contributed by atoms with E-state index in [2.05, 4.69) is 5.32 Å². The van der Waals surface area contributed by atoms with Crippen LogP contribution in [0.4, 0.5) is 11.4 Å². The molecule has 2 aromatic rings. The maximum atomic E-state index is 12.4. The number of carbonyl (C=O) groups is 1. The number of ether oxygens (including phenoxy) is 2. The normalized spacial score (nSPS) is 10.0. The lowest BCUT2D eigenvalue weighted by Gasteiger charge is -2.11. The van der Waals surface area contributed by atoms with E-state index < -0.39 is 10.8 Å². The number of nitro benzene ring substituents is 1. The fraction of sp³-hybridized carbons (Fsp3) is 0.133. The van der Waals surface area contributed by atoms with E-state index in [1.165, 1.54) is 38.5 Å². The maximum Gasteiger partial charge on any atom is 0.289 e. The number of benzene rings is 2. The molecule has 0 unspecified atom stereocenters. The summed E-state index contributed by atoms with van der Waals surface area (Å²) in [4.78, 5) is 22.6. The number of nitrogens with one attached hydrogen (secondary N) is 1. The first-order valence-electron chi connectivity index (χ1n) is 6.43. The van der Waals surface area contributed by atoms with E-state index in [4.69, 9.17) is 21.1 Å². The van der Waals surface area contributed by atoms with Crippen molar-refractivity contribution in [1.82, 2.24) is 0 Å². The average molecular weight is 337 g/mol. The minimum Gasteiger partial charge on any atom is -0.497 e. The number of carbonyl (C=O) groups excluding carboxylic acids is 1. The van der Waals surface area contributed by atoms with Gasteiger partial charge in [-0.15, -0.1) is 0 Å². The zero-order valence-corrected chi connectivity index (χ0v) is 13.1. The van der Waals surface area contributed by atoms with Crippen LogP contribution in [0.25, 0.3) is 0 Å². The van der Waals surface area contributed by atoms with Gasteiger partial charge < -0.3 is 14.8 Å². The second kappa shape index (κ2) is 6.97. The van der Waals surface area contributed by atoms with Crippen molar-refractivity contribution in [3.63, 3.8) is 0 Å². The molecule has 0 atom stereocenters. The topological polar surface area (TPSA) is 90.7 Å². The van der Waals surface area contributed by atoms with Gasteiger partial charge in [-0.1, -0.05) is 11.6 Å². The fourth-order valence-corrected chi connectivity index (χ4v) is 2.11. The van der Waals surface area contributed by atoms with Gasteiger partial charge in [-0.05, 0) is 30.3 Å². The van der Waals surface area contributed by atoms with Gasteiger partial charge in [-0.3, -0.25) is 14.9 Å². The number of anilines is 1. The number of rotatable bonds is 5. The first-order valence-corrected chi connectivity index (χ1v) is 6.81. The highest BCUT2D eigenvalue weighted by atomic mass is 35.5. The molecule has 23 heavy (non-hydrogen) atoms. The minimum absolute atomic E-state index is 0.00744. The first kappa shape index (κ1) is 16.6. The Morgan fingerprint density at radius 2 is 1.91 bits per heavy atom. The second-order valence-electron chi connectivity index (χ2n) is 4.44.